The van der Waals surface area contributed by atoms with Crippen LogP contribution in [-0.2, 0) is 20.9 Å². The van der Waals surface area contributed by atoms with Crippen LogP contribution in [0.5, 0.6) is 11.5 Å². The van der Waals surface area contributed by atoms with Crippen molar-refractivity contribution in [2.75, 3.05) is 19.8 Å². The van der Waals surface area contributed by atoms with E-state index in [0.717, 1.165) is 11.1 Å². The van der Waals surface area contributed by atoms with Gasteiger partial charge in [-0.25, -0.2) is 4.68 Å². The van der Waals surface area contributed by atoms with Crippen molar-refractivity contribution in [1.82, 2.24) is 20.3 Å². The van der Waals surface area contributed by atoms with Gasteiger partial charge < -0.3 is 19.5 Å². The molecule has 1 amide bonds. The van der Waals surface area contributed by atoms with Crippen molar-refractivity contribution in [2.45, 2.75) is 26.4 Å². The second-order valence-corrected chi connectivity index (χ2v) is 7.59. The molecular weight excluding hydrogens is 400 g/mol. The summed E-state index contributed by atoms with van der Waals surface area (Å²) in [4.78, 5) is 24.6. The number of aromatic nitrogens is 3. The molecule has 4 rings (SSSR count). The summed E-state index contributed by atoms with van der Waals surface area (Å²) in [7, 11) is 0. The highest BCUT2D eigenvalue weighted by molar-refractivity contribution is 5.81. The Morgan fingerprint density at radius 3 is 2.71 bits per heavy atom. The van der Waals surface area contributed by atoms with Crippen molar-refractivity contribution >= 4 is 22.9 Å². The quantitative estimate of drug-likeness (QED) is 0.580. The molecule has 162 valence electrons. The Balaban J connectivity index is 1.34. The molecule has 0 saturated carbocycles. The number of hydrogen-bond acceptors (Lipinski definition) is 7. The molecule has 31 heavy (non-hydrogen) atoms. The minimum atomic E-state index is -0.564. The number of rotatable bonds is 7. The maximum Gasteiger partial charge on any atom is 0.328 e. The Hall–Kier alpha value is -3.62. The molecule has 1 unspecified atom stereocenters. The van der Waals surface area contributed by atoms with Crippen LogP contribution in [0.4, 0.5) is 0 Å². The summed E-state index contributed by atoms with van der Waals surface area (Å²) in [6.07, 6.45) is 0. The number of benzene rings is 2. The minimum Gasteiger partial charge on any atom is -0.486 e. The maximum atomic E-state index is 12.5. The van der Waals surface area contributed by atoms with E-state index in [9.17, 15) is 9.59 Å². The van der Waals surface area contributed by atoms with Gasteiger partial charge in [0.25, 0.3) is 5.91 Å². The molecule has 1 aromatic heterocycles. The third-order valence-corrected chi connectivity index (χ3v) is 4.97. The molecule has 0 fully saturated rings. The van der Waals surface area contributed by atoms with Crippen LogP contribution in [0.25, 0.3) is 11.0 Å². The van der Waals surface area contributed by atoms with Gasteiger partial charge in [-0.2, -0.15) is 0 Å². The lowest BCUT2D eigenvalue weighted by molar-refractivity contribution is -0.149. The number of ether oxygens (including phenoxy) is 3. The van der Waals surface area contributed by atoms with Crippen molar-refractivity contribution in [3.8, 4) is 11.5 Å². The number of carbonyl (C=O) groups is 2. The summed E-state index contributed by atoms with van der Waals surface area (Å²) in [5.74, 6) is 0.522. The number of amides is 1. The van der Waals surface area contributed by atoms with Crippen molar-refractivity contribution in [3.63, 3.8) is 0 Å². The van der Waals surface area contributed by atoms with Gasteiger partial charge in [-0.3, -0.25) is 9.59 Å². The largest absolute Gasteiger partial charge is 0.486 e. The van der Waals surface area contributed by atoms with Gasteiger partial charge in [0.15, 0.2) is 18.1 Å². The Bertz CT molecular complexity index is 1090. The maximum absolute atomic E-state index is 12.5. The molecule has 3 aromatic rings. The summed E-state index contributed by atoms with van der Waals surface area (Å²) in [5.41, 5.74) is 2.31. The van der Waals surface area contributed by atoms with Gasteiger partial charge in [0.1, 0.15) is 25.3 Å². The molecule has 0 spiro atoms. The molecule has 1 atom stereocenters. The normalized spacial score (nSPS) is 13.8. The van der Waals surface area contributed by atoms with Gasteiger partial charge >= 0.3 is 5.97 Å². The molecule has 0 radical (unpaired) electrons. The van der Waals surface area contributed by atoms with Gasteiger partial charge in [-0.1, -0.05) is 37.3 Å². The Morgan fingerprint density at radius 1 is 1.13 bits per heavy atom. The average molecular weight is 424 g/mol. The van der Waals surface area contributed by atoms with Crippen LogP contribution in [0.3, 0.4) is 0 Å². The van der Waals surface area contributed by atoms with Gasteiger partial charge in [0.2, 0.25) is 0 Å². The zero-order valence-electron chi connectivity index (χ0n) is 17.4. The standard InChI is InChI=1S/C22H24N4O5/c1-14(2)22(15-7-8-18-19(11-15)30-10-9-29-18)23-20(27)13-31-21(28)12-26-17-6-4-3-5-16(17)24-25-26/h3-8,11,14,22H,9-10,12-13H2,1-2H3,(H,23,27). The molecular formula is C22H24N4O5. The topological polar surface area (TPSA) is 105 Å². The van der Waals surface area contributed by atoms with Gasteiger partial charge in [0, 0.05) is 0 Å². The van der Waals surface area contributed by atoms with E-state index in [4.69, 9.17) is 14.2 Å². The number of nitrogens with one attached hydrogen (secondary N) is 1. The number of para-hydroxylation sites is 1. The fraction of sp³-hybridized carbons (Fsp3) is 0.364. The fourth-order valence-electron chi connectivity index (χ4n) is 3.45. The Morgan fingerprint density at radius 2 is 1.90 bits per heavy atom. The van der Waals surface area contributed by atoms with E-state index in [1.165, 1.54) is 4.68 Å². The van der Waals surface area contributed by atoms with E-state index in [-0.39, 0.29) is 31.0 Å². The second kappa shape index (κ2) is 9.03. The van der Waals surface area contributed by atoms with Crippen molar-refractivity contribution in [1.29, 1.82) is 0 Å². The van der Waals surface area contributed by atoms with Gasteiger partial charge in [-0.15, -0.1) is 5.10 Å². The van der Waals surface area contributed by atoms with Crippen LogP contribution in [0.15, 0.2) is 42.5 Å². The van der Waals surface area contributed by atoms with E-state index in [1.807, 2.05) is 56.3 Å². The minimum absolute atomic E-state index is 0.115. The predicted molar refractivity (Wildman–Crippen MR) is 112 cm³/mol. The molecule has 1 N–H and O–H groups in total. The van der Waals surface area contributed by atoms with E-state index in [0.29, 0.717) is 30.2 Å². The molecule has 2 aromatic carbocycles. The molecule has 0 aliphatic carbocycles. The lowest BCUT2D eigenvalue weighted by atomic mass is 9.95. The molecule has 0 saturated heterocycles. The lowest BCUT2D eigenvalue weighted by Crippen LogP contribution is -2.35. The summed E-state index contributed by atoms with van der Waals surface area (Å²) >= 11 is 0. The smallest absolute Gasteiger partial charge is 0.328 e. The number of carbonyl (C=O) groups excluding carboxylic acids is 2. The first-order chi connectivity index (χ1) is 15.0. The van der Waals surface area contributed by atoms with Crippen molar-refractivity contribution in [2.24, 2.45) is 5.92 Å². The first-order valence-corrected chi connectivity index (χ1v) is 10.1. The number of nitrogens with zero attached hydrogens (tertiary/aromatic N) is 3. The SMILES string of the molecule is CC(C)C(NC(=O)COC(=O)Cn1nnc2ccccc21)c1ccc2c(c1)OCCO2. The monoisotopic (exact) mass is 424 g/mol. The average Bonchev–Trinajstić information content (AvgIpc) is 3.18. The lowest BCUT2D eigenvalue weighted by Gasteiger charge is -2.25. The Kier molecular flexibility index (Phi) is 6.01. The van der Waals surface area contributed by atoms with Crippen LogP contribution in [0.1, 0.15) is 25.5 Å². The highest BCUT2D eigenvalue weighted by Gasteiger charge is 2.22. The number of fused-ring (bicyclic) bond motifs is 2. The zero-order valence-corrected chi connectivity index (χ0v) is 17.4. The highest BCUT2D eigenvalue weighted by atomic mass is 16.6. The van der Waals surface area contributed by atoms with Crippen LogP contribution >= 0.6 is 0 Å². The van der Waals surface area contributed by atoms with Crippen LogP contribution in [-0.4, -0.2) is 46.7 Å². The molecule has 9 nitrogen and oxygen atoms in total. The van der Waals surface area contributed by atoms with Crippen molar-refractivity contribution in [3.05, 3.63) is 48.0 Å². The third kappa shape index (κ3) is 4.76. The molecule has 0 bridgehead atoms. The molecule has 9 heteroatoms. The summed E-state index contributed by atoms with van der Waals surface area (Å²) < 4.78 is 17.8. The van der Waals surface area contributed by atoms with Crippen LogP contribution in [0, 0.1) is 5.92 Å². The van der Waals surface area contributed by atoms with Gasteiger partial charge in [-0.05, 0) is 35.7 Å². The first kappa shape index (κ1) is 20.6. The molecule has 1 aliphatic rings. The Labute approximate surface area is 179 Å². The molecule has 2 heterocycles. The highest BCUT2D eigenvalue weighted by Crippen LogP contribution is 2.34. The zero-order chi connectivity index (χ0) is 21.8. The summed E-state index contributed by atoms with van der Waals surface area (Å²) in [6.45, 7) is 4.52. The predicted octanol–water partition coefficient (Wildman–Crippen LogP) is 2.26. The van der Waals surface area contributed by atoms with Crippen molar-refractivity contribution < 1.29 is 23.8 Å². The summed E-state index contributed by atoms with van der Waals surface area (Å²) in [5, 5.41) is 10.9. The van der Waals surface area contributed by atoms with E-state index in [1.54, 1.807) is 0 Å². The van der Waals surface area contributed by atoms with Gasteiger partial charge in [0.05, 0.1) is 11.6 Å². The number of hydrogen-bond donors (Lipinski definition) is 1. The third-order valence-electron chi connectivity index (χ3n) is 4.97. The molecule has 1 aliphatic heterocycles. The first-order valence-electron chi connectivity index (χ1n) is 10.1. The second-order valence-electron chi connectivity index (χ2n) is 7.59. The van der Waals surface area contributed by atoms with Crippen LogP contribution < -0.4 is 14.8 Å². The van der Waals surface area contributed by atoms with E-state index >= 15 is 0 Å². The fourth-order valence-corrected chi connectivity index (χ4v) is 3.45. The number of esters is 1. The van der Waals surface area contributed by atoms with E-state index in [2.05, 4.69) is 15.6 Å². The van der Waals surface area contributed by atoms with E-state index < -0.39 is 5.97 Å². The summed E-state index contributed by atoms with van der Waals surface area (Å²) in [6, 6.07) is 12.7. The van der Waals surface area contributed by atoms with Crippen LogP contribution in [0.2, 0.25) is 0 Å².